The Morgan fingerprint density at radius 3 is 1.03 bits per heavy atom. The van der Waals surface area contributed by atoms with Gasteiger partial charge in [-0.25, -0.2) is 14.4 Å². The summed E-state index contributed by atoms with van der Waals surface area (Å²) in [6.07, 6.45) is -1.38. The van der Waals surface area contributed by atoms with Crippen LogP contribution in [0, 0.1) is 27.7 Å². The van der Waals surface area contributed by atoms with Crippen molar-refractivity contribution in [1.29, 1.82) is 0 Å². The van der Waals surface area contributed by atoms with E-state index in [1.165, 1.54) is 0 Å². The molecule has 0 bridgehead atoms. The first-order valence-electron chi connectivity index (χ1n) is 23.6. The zero-order chi connectivity index (χ0) is 49.0. The van der Waals surface area contributed by atoms with Crippen molar-refractivity contribution in [3.8, 4) is 0 Å². The molecule has 3 amide bonds. The van der Waals surface area contributed by atoms with Gasteiger partial charge in [-0.1, -0.05) is 72.8 Å². The van der Waals surface area contributed by atoms with Crippen LogP contribution in [0.1, 0.15) is 107 Å². The number of benzene rings is 8. The summed E-state index contributed by atoms with van der Waals surface area (Å²) in [5, 5.41) is 19.0. The molecule has 0 heterocycles. The van der Waals surface area contributed by atoms with Crippen LogP contribution in [0.3, 0.4) is 0 Å². The highest BCUT2D eigenvalue weighted by atomic mass is 16.6. The maximum atomic E-state index is 14.7. The molecule has 0 aromatic heterocycles. The molecule has 0 fully saturated rings. The Morgan fingerprint density at radius 1 is 0.426 bits per heavy atom. The summed E-state index contributed by atoms with van der Waals surface area (Å²) in [5.74, 6) is 0. The second-order valence-corrected chi connectivity index (χ2v) is 21.4. The second kappa shape index (κ2) is 18.0. The largest absolute Gasteiger partial charge is 0.444 e. The molecule has 0 unspecified atom stereocenters. The number of rotatable bonds is 8. The van der Waals surface area contributed by atoms with Gasteiger partial charge in [0.25, 0.3) is 0 Å². The van der Waals surface area contributed by atoms with Crippen molar-refractivity contribution in [1.82, 2.24) is 15.5 Å². The Bertz CT molecular complexity index is 3120. The molecule has 0 saturated carbocycles. The lowest BCUT2D eigenvalue weighted by Gasteiger charge is -2.29. The first-order valence-corrected chi connectivity index (χ1v) is 23.6. The molecule has 0 atom stereocenters. The van der Waals surface area contributed by atoms with Crippen LogP contribution >= 0.6 is 0 Å². The third-order valence-electron chi connectivity index (χ3n) is 12.4. The van der Waals surface area contributed by atoms with E-state index in [2.05, 4.69) is 135 Å². The molecule has 352 valence electrons. The van der Waals surface area contributed by atoms with Gasteiger partial charge in [-0.3, -0.25) is 4.90 Å². The van der Waals surface area contributed by atoms with Gasteiger partial charge in [0, 0.05) is 26.2 Å². The minimum Gasteiger partial charge on any atom is -0.444 e. The van der Waals surface area contributed by atoms with Gasteiger partial charge in [-0.2, -0.15) is 0 Å². The number of nitrogens with zero attached hydrogens (tertiary/aromatic N) is 1. The Kier molecular flexibility index (Phi) is 12.6. The van der Waals surface area contributed by atoms with Crippen molar-refractivity contribution in [2.24, 2.45) is 0 Å². The summed E-state index contributed by atoms with van der Waals surface area (Å²) in [6, 6.07) is 34.2. The van der Waals surface area contributed by atoms with Crippen LogP contribution in [-0.2, 0) is 40.4 Å². The number of hydrogen-bond donors (Lipinski definition) is 2. The number of ether oxygens (including phenoxy) is 3. The molecule has 0 radical (unpaired) electrons. The Hall–Kier alpha value is -6.87. The van der Waals surface area contributed by atoms with E-state index >= 15 is 0 Å². The van der Waals surface area contributed by atoms with Crippen LogP contribution < -0.4 is 10.6 Å². The lowest BCUT2D eigenvalue weighted by molar-refractivity contribution is 0.0217. The third kappa shape index (κ3) is 9.89. The molecular formula is C59H65N3O6. The highest BCUT2D eigenvalue weighted by molar-refractivity contribution is 6.24. The van der Waals surface area contributed by atoms with Gasteiger partial charge >= 0.3 is 18.3 Å². The minimum absolute atomic E-state index is 0.259. The van der Waals surface area contributed by atoms with Crippen LogP contribution in [0.5, 0.6) is 0 Å². The normalized spacial score (nSPS) is 12.3. The third-order valence-corrected chi connectivity index (χ3v) is 12.4. The van der Waals surface area contributed by atoms with Crippen LogP contribution in [0.25, 0.3) is 64.6 Å². The van der Waals surface area contributed by atoms with Gasteiger partial charge < -0.3 is 24.8 Å². The van der Waals surface area contributed by atoms with E-state index in [-0.39, 0.29) is 26.2 Å². The molecule has 0 aliphatic heterocycles. The minimum atomic E-state index is -0.752. The fourth-order valence-electron chi connectivity index (χ4n) is 9.77. The lowest BCUT2D eigenvalue weighted by Crippen LogP contribution is -2.36. The number of amides is 3. The molecule has 0 saturated heterocycles. The molecule has 9 nitrogen and oxygen atoms in total. The molecule has 0 spiro atoms. The smallest absolute Gasteiger partial charge is 0.410 e. The summed E-state index contributed by atoms with van der Waals surface area (Å²) < 4.78 is 17.5. The van der Waals surface area contributed by atoms with Gasteiger partial charge in [-0.05, 0) is 223 Å². The molecule has 68 heavy (non-hydrogen) atoms. The van der Waals surface area contributed by atoms with E-state index in [4.69, 9.17) is 14.2 Å². The fourth-order valence-corrected chi connectivity index (χ4v) is 9.77. The van der Waals surface area contributed by atoms with E-state index in [9.17, 15) is 14.4 Å². The molecule has 0 aliphatic carbocycles. The Balaban J connectivity index is 1.30. The Labute approximate surface area is 400 Å². The van der Waals surface area contributed by atoms with E-state index in [0.29, 0.717) is 0 Å². The maximum Gasteiger partial charge on any atom is 0.410 e. The van der Waals surface area contributed by atoms with Crippen molar-refractivity contribution < 1.29 is 28.6 Å². The maximum absolute atomic E-state index is 14.7. The first-order chi connectivity index (χ1) is 32.0. The fraction of sp³-hybridized carbons (Fsp3) is 0.339. The molecule has 8 aromatic carbocycles. The summed E-state index contributed by atoms with van der Waals surface area (Å²) in [5.41, 5.74) is 6.36. The Morgan fingerprint density at radius 2 is 0.721 bits per heavy atom. The lowest BCUT2D eigenvalue weighted by atomic mass is 9.87. The number of aryl methyl sites for hydroxylation is 4. The molecule has 8 rings (SSSR count). The van der Waals surface area contributed by atoms with E-state index in [1.54, 1.807) is 0 Å². The number of carbonyl (C=O) groups excluding carboxylic acids is 3. The SMILES string of the molecule is Cc1cccc2c(CNC(=O)OC(C)(C)C)cc3cc(CN(Cc4cc5cc(CNC(=O)OC(C)(C)C)c6cccc(C)c6c5c5c(C)cccc45)C(=O)OC(C)(C)C)c4cccc(C)c4c3c12. The molecule has 8 aromatic rings. The highest BCUT2D eigenvalue weighted by Crippen LogP contribution is 2.42. The molecule has 9 heteroatoms. The number of nitrogens with one attached hydrogen (secondary N) is 2. The van der Waals surface area contributed by atoms with Gasteiger partial charge in [0.2, 0.25) is 0 Å². The first kappa shape index (κ1) is 47.6. The summed E-state index contributed by atoms with van der Waals surface area (Å²) >= 11 is 0. The summed E-state index contributed by atoms with van der Waals surface area (Å²) in [7, 11) is 0. The second-order valence-electron chi connectivity index (χ2n) is 21.4. The van der Waals surface area contributed by atoms with Crippen molar-refractivity contribution in [3.05, 3.63) is 142 Å². The number of hydrogen-bond acceptors (Lipinski definition) is 6. The summed E-state index contributed by atoms with van der Waals surface area (Å²) in [6.45, 7) is 26.4. The monoisotopic (exact) mass is 911 g/mol. The predicted molar refractivity (Wildman–Crippen MR) is 278 cm³/mol. The molecule has 0 aliphatic rings. The van der Waals surface area contributed by atoms with Gasteiger partial charge in [0.15, 0.2) is 0 Å². The molecule has 2 N–H and O–H groups in total. The standard InChI is InChI=1S/C59H65N3O6/c1-34-18-14-22-44-40(30-60-54(63)66-57(5,6)7)26-38-28-42(46-24-16-20-36(3)50(46)52(38)48(34)44)32-62(56(65)68-59(11,12)13)33-43-29-39-27-41(31-61-55(64)67-58(8,9)10)45-23-15-19-35(2)49(45)53(39)51-37(4)21-17-25-47(43)51/h14-29H,30-33H2,1-13H3,(H,60,63)(H,61,64). The van der Waals surface area contributed by atoms with Crippen LogP contribution in [-0.4, -0.2) is 40.0 Å². The van der Waals surface area contributed by atoms with E-state index < -0.39 is 35.1 Å². The summed E-state index contributed by atoms with van der Waals surface area (Å²) in [4.78, 5) is 42.5. The van der Waals surface area contributed by atoms with Gasteiger partial charge in [-0.15, -0.1) is 0 Å². The van der Waals surface area contributed by atoms with Gasteiger partial charge in [0.05, 0.1) is 0 Å². The number of fused-ring (bicyclic) bond motifs is 10. The van der Waals surface area contributed by atoms with Crippen LogP contribution in [0.15, 0.2) is 97.1 Å². The predicted octanol–water partition coefficient (Wildman–Crippen LogP) is 14.8. The molecular weight excluding hydrogens is 847 g/mol. The van der Waals surface area contributed by atoms with E-state index in [1.807, 2.05) is 67.2 Å². The van der Waals surface area contributed by atoms with Crippen LogP contribution in [0.4, 0.5) is 14.4 Å². The average Bonchev–Trinajstić information content (AvgIpc) is 3.23. The topological polar surface area (TPSA) is 106 Å². The average molecular weight is 912 g/mol. The zero-order valence-electron chi connectivity index (χ0n) is 42.0. The van der Waals surface area contributed by atoms with Gasteiger partial charge in [0.1, 0.15) is 16.8 Å². The zero-order valence-corrected chi connectivity index (χ0v) is 42.0. The van der Waals surface area contributed by atoms with Crippen molar-refractivity contribution >= 4 is 82.9 Å². The number of carbonyl (C=O) groups is 3. The highest BCUT2D eigenvalue weighted by Gasteiger charge is 2.27. The number of alkyl carbamates (subject to hydrolysis) is 2. The van der Waals surface area contributed by atoms with Crippen molar-refractivity contribution in [3.63, 3.8) is 0 Å². The van der Waals surface area contributed by atoms with Crippen LogP contribution in [0.2, 0.25) is 0 Å². The van der Waals surface area contributed by atoms with Crippen molar-refractivity contribution in [2.75, 3.05) is 0 Å². The quantitative estimate of drug-likeness (QED) is 0.116. The van der Waals surface area contributed by atoms with E-state index in [0.717, 1.165) is 109 Å². The van der Waals surface area contributed by atoms with Crippen molar-refractivity contribution in [2.45, 2.75) is 133 Å².